The summed E-state index contributed by atoms with van der Waals surface area (Å²) in [4.78, 5) is 20.9. The highest BCUT2D eigenvalue weighted by atomic mass is 16.4. The van der Waals surface area contributed by atoms with Crippen molar-refractivity contribution < 1.29 is 19.8 Å². The molecule has 0 heterocycles. The van der Waals surface area contributed by atoms with Crippen LogP contribution < -0.4 is 0 Å². The fourth-order valence-corrected chi connectivity index (χ4v) is 1.26. The molecule has 0 bridgehead atoms. The molecule has 0 atom stereocenters. The first-order chi connectivity index (χ1) is 9.09. The van der Waals surface area contributed by atoms with Gasteiger partial charge in [-0.3, -0.25) is 4.79 Å². The lowest BCUT2D eigenvalue weighted by atomic mass is 10.1. The molecule has 0 spiro atoms. The Morgan fingerprint density at radius 1 is 0.842 bits per heavy atom. The fourth-order valence-electron chi connectivity index (χ4n) is 1.26. The Kier molecular flexibility index (Phi) is 5.82. The second-order valence-corrected chi connectivity index (χ2v) is 3.73. The number of carbonyl (C=O) groups is 2. The summed E-state index contributed by atoms with van der Waals surface area (Å²) in [5.74, 6) is -2.20. The van der Waals surface area contributed by atoms with Gasteiger partial charge in [0.15, 0.2) is 0 Å². The van der Waals surface area contributed by atoms with E-state index in [1.54, 1.807) is 0 Å². The van der Waals surface area contributed by atoms with Crippen LogP contribution in [0.4, 0.5) is 0 Å². The molecular weight excluding hydrogens is 244 g/mol. The summed E-state index contributed by atoms with van der Waals surface area (Å²) in [5, 5.41) is 17.2. The minimum atomic E-state index is -1.44. The Morgan fingerprint density at radius 3 is 1.63 bits per heavy atom. The summed E-state index contributed by atoms with van der Waals surface area (Å²) in [6, 6.07) is 17.8. The van der Waals surface area contributed by atoms with Gasteiger partial charge in [-0.1, -0.05) is 48.5 Å². The van der Waals surface area contributed by atoms with Crippen LogP contribution >= 0.6 is 0 Å². The molecular formula is C15H14O4. The highest BCUT2D eigenvalue weighted by molar-refractivity contribution is 6.33. The first-order valence-corrected chi connectivity index (χ1v) is 5.63. The van der Waals surface area contributed by atoms with Crippen LogP contribution in [0.15, 0.2) is 60.7 Å². The van der Waals surface area contributed by atoms with Crippen LogP contribution in [0.2, 0.25) is 0 Å². The van der Waals surface area contributed by atoms with Crippen molar-refractivity contribution in [2.75, 3.05) is 0 Å². The molecule has 0 radical (unpaired) electrons. The number of carbonyl (C=O) groups excluding carboxylic acids is 1. The second kappa shape index (κ2) is 7.66. The summed E-state index contributed by atoms with van der Waals surface area (Å²) in [7, 11) is 0. The van der Waals surface area contributed by atoms with Gasteiger partial charge in [-0.15, -0.1) is 0 Å². The summed E-state index contributed by atoms with van der Waals surface area (Å²) in [6.45, 7) is 0. The number of rotatable bonds is 3. The molecule has 0 saturated heterocycles. The van der Waals surface area contributed by atoms with Gasteiger partial charge in [0, 0.05) is 6.42 Å². The Hall–Kier alpha value is -2.62. The minimum absolute atomic E-state index is 0.0894. The summed E-state index contributed by atoms with van der Waals surface area (Å²) >= 11 is 0. The van der Waals surface area contributed by atoms with Crippen molar-refractivity contribution in [2.24, 2.45) is 0 Å². The smallest absolute Gasteiger partial charge is 0.372 e. The molecule has 0 aromatic heterocycles. The van der Waals surface area contributed by atoms with Gasteiger partial charge in [-0.25, -0.2) is 4.79 Å². The largest absolute Gasteiger partial charge is 0.508 e. The van der Waals surface area contributed by atoms with Crippen molar-refractivity contribution >= 4 is 11.8 Å². The maximum Gasteiger partial charge on any atom is 0.372 e. The molecule has 98 valence electrons. The van der Waals surface area contributed by atoms with Gasteiger partial charge in [0.25, 0.3) is 0 Å². The average Bonchev–Trinajstić information content (AvgIpc) is 2.44. The van der Waals surface area contributed by atoms with Gasteiger partial charge in [0.2, 0.25) is 5.78 Å². The van der Waals surface area contributed by atoms with Crippen molar-refractivity contribution in [3.63, 3.8) is 0 Å². The summed E-state index contributed by atoms with van der Waals surface area (Å²) in [6.07, 6.45) is -0.143. The third-order valence-electron chi connectivity index (χ3n) is 2.21. The highest BCUT2D eigenvalue weighted by Crippen LogP contribution is 2.10. The quantitative estimate of drug-likeness (QED) is 0.828. The zero-order valence-corrected chi connectivity index (χ0v) is 10.2. The van der Waals surface area contributed by atoms with Crippen LogP contribution in [0.1, 0.15) is 5.56 Å². The third-order valence-corrected chi connectivity index (χ3v) is 2.21. The van der Waals surface area contributed by atoms with E-state index in [-0.39, 0.29) is 12.2 Å². The van der Waals surface area contributed by atoms with Gasteiger partial charge in [-0.2, -0.15) is 0 Å². The van der Waals surface area contributed by atoms with E-state index < -0.39 is 11.8 Å². The average molecular weight is 258 g/mol. The molecule has 0 aliphatic rings. The number of hydrogen-bond donors (Lipinski definition) is 2. The normalized spacial score (nSPS) is 9.05. The van der Waals surface area contributed by atoms with Crippen molar-refractivity contribution in [2.45, 2.75) is 6.42 Å². The number of phenolic OH excluding ortho intramolecular Hbond substituents is 1. The first-order valence-electron chi connectivity index (χ1n) is 5.63. The standard InChI is InChI=1S/C9H8O4.C6H6/c10-7-3-1-6(2-4-7)5-8(11)9(12)13;1-2-4-6-5-3-1/h1-4,10H,5H2,(H,12,13);1-6H. The molecule has 0 unspecified atom stereocenters. The van der Waals surface area contributed by atoms with E-state index in [0.29, 0.717) is 5.56 Å². The molecule has 2 rings (SSSR count). The zero-order chi connectivity index (χ0) is 14.1. The van der Waals surface area contributed by atoms with Crippen molar-refractivity contribution in [3.05, 3.63) is 66.2 Å². The van der Waals surface area contributed by atoms with Gasteiger partial charge >= 0.3 is 5.97 Å². The highest BCUT2D eigenvalue weighted by Gasteiger charge is 2.11. The maximum absolute atomic E-state index is 10.7. The molecule has 19 heavy (non-hydrogen) atoms. The second-order valence-electron chi connectivity index (χ2n) is 3.73. The van der Waals surface area contributed by atoms with Crippen molar-refractivity contribution in [3.8, 4) is 5.75 Å². The first kappa shape index (κ1) is 14.4. The van der Waals surface area contributed by atoms with Crippen LogP contribution in [0.3, 0.4) is 0 Å². The van der Waals surface area contributed by atoms with E-state index in [2.05, 4.69) is 0 Å². The number of hydrogen-bond acceptors (Lipinski definition) is 3. The van der Waals surface area contributed by atoms with E-state index in [9.17, 15) is 9.59 Å². The Bertz CT molecular complexity index is 491. The Morgan fingerprint density at radius 2 is 1.26 bits per heavy atom. The molecule has 4 heteroatoms. The molecule has 0 aliphatic heterocycles. The fraction of sp³-hybridized carbons (Fsp3) is 0.0667. The van der Waals surface area contributed by atoms with E-state index in [4.69, 9.17) is 10.2 Å². The number of ketones is 1. The number of carboxylic acids is 1. The topological polar surface area (TPSA) is 74.6 Å². The summed E-state index contributed by atoms with van der Waals surface area (Å²) < 4.78 is 0. The lowest BCUT2D eigenvalue weighted by molar-refractivity contribution is -0.148. The molecule has 0 fully saturated rings. The zero-order valence-electron chi connectivity index (χ0n) is 10.2. The maximum atomic E-state index is 10.7. The van der Waals surface area contributed by atoms with E-state index >= 15 is 0 Å². The molecule has 0 saturated carbocycles. The molecule has 0 amide bonds. The van der Waals surface area contributed by atoms with Gasteiger partial charge in [0.1, 0.15) is 5.75 Å². The predicted octanol–water partition coefficient (Wildman–Crippen LogP) is 2.28. The van der Waals surface area contributed by atoms with Crippen LogP contribution in [-0.4, -0.2) is 22.0 Å². The molecule has 2 aromatic carbocycles. The van der Waals surface area contributed by atoms with Crippen LogP contribution in [-0.2, 0) is 16.0 Å². The summed E-state index contributed by atoms with van der Waals surface area (Å²) in [5.41, 5.74) is 0.574. The lowest BCUT2D eigenvalue weighted by Crippen LogP contribution is -2.14. The number of phenols is 1. The minimum Gasteiger partial charge on any atom is -0.508 e. The molecule has 2 N–H and O–H groups in total. The van der Waals surface area contributed by atoms with E-state index in [1.807, 2.05) is 36.4 Å². The number of benzene rings is 2. The molecule has 2 aromatic rings. The Labute approximate surface area is 111 Å². The number of Topliss-reactive ketones (excluding diaryl/α,β-unsaturated/α-hetero) is 1. The molecule has 0 aliphatic carbocycles. The monoisotopic (exact) mass is 258 g/mol. The number of aromatic hydroxyl groups is 1. The van der Waals surface area contributed by atoms with Crippen LogP contribution in [0.5, 0.6) is 5.75 Å². The van der Waals surface area contributed by atoms with Crippen molar-refractivity contribution in [1.82, 2.24) is 0 Å². The number of carboxylic acid groups (broad SMARTS) is 1. The van der Waals surface area contributed by atoms with Gasteiger partial charge in [-0.05, 0) is 17.7 Å². The van der Waals surface area contributed by atoms with Crippen LogP contribution in [0, 0.1) is 0 Å². The van der Waals surface area contributed by atoms with E-state index in [0.717, 1.165) is 0 Å². The third kappa shape index (κ3) is 6.02. The van der Waals surface area contributed by atoms with Gasteiger partial charge in [0.05, 0.1) is 0 Å². The van der Waals surface area contributed by atoms with E-state index in [1.165, 1.54) is 24.3 Å². The number of aliphatic carboxylic acids is 1. The van der Waals surface area contributed by atoms with Crippen molar-refractivity contribution in [1.29, 1.82) is 0 Å². The SMILES string of the molecule is O=C(O)C(=O)Cc1ccc(O)cc1.c1ccccc1. The lowest BCUT2D eigenvalue weighted by Gasteiger charge is -1.97. The molecule has 4 nitrogen and oxygen atoms in total. The Balaban J connectivity index is 0.000000250. The predicted molar refractivity (Wildman–Crippen MR) is 70.9 cm³/mol. The van der Waals surface area contributed by atoms with Crippen LogP contribution in [0.25, 0.3) is 0 Å². The van der Waals surface area contributed by atoms with Gasteiger partial charge < -0.3 is 10.2 Å².